The number of hydrogen-bond donors (Lipinski definition) is 2. The van der Waals surface area contributed by atoms with Crippen LogP contribution in [0.15, 0.2) is 43.0 Å². The molecule has 6 aliphatic rings. The van der Waals surface area contributed by atoms with Gasteiger partial charge in [0.25, 0.3) is 0 Å². The van der Waals surface area contributed by atoms with Gasteiger partial charge >= 0.3 is 0 Å². The second kappa shape index (κ2) is 10.9. The molecular formula is C35H48ClN7O. The van der Waals surface area contributed by atoms with Gasteiger partial charge in [-0.3, -0.25) is 25.2 Å². The van der Waals surface area contributed by atoms with Crippen LogP contribution >= 0.6 is 11.6 Å². The van der Waals surface area contributed by atoms with Crippen molar-refractivity contribution in [2.24, 2.45) is 17.3 Å². The smallest absolute Gasteiger partial charge is 0.245 e. The Morgan fingerprint density at radius 3 is 2.64 bits per heavy atom. The van der Waals surface area contributed by atoms with E-state index in [1.807, 2.05) is 4.90 Å². The highest BCUT2D eigenvalue weighted by atomic mass is 35.5. The first-order valence-corrected chi connectivity index (χ1v) is 17.4. The van der Waals surface area contributed by atoms with E-state index in [1.165, 1.54) is 48.0 Å². The lowest BCUT2D eigenvalue weighted by Crippen LogP contribution is -2.66. The lowest BCUT2D eigenvalue weighted by molar-refractivity contribution is -0.149. The van der Waals surface area contributed by atoms with E-state index in [2.05, 4.69) is 76.1 Å². The number of hydrogen-bond acceptors (Lipinski definition) is 6. The Bertz CT molecular complexity index is 1410. The number of alkyl halides is 1. The second-order valence-corrected chi connectivity index (χ2v) is 15.6. The number of fused-ring (bicyclic) bond motifs is 1. The third-order valence-electron chi connectivity index (χ3n) is 12.4. The number of hydrazine groups is 1. The van der Waals surface area contributed by atoms with Gasteiger partial charge in [0.1, 0.15) is 0 Å². The number of amides is 1. The summed E-state index contributed by atoms with van der Waals surface area (Å²) in [5.41, 5.74) is 11.6. The van der Waals surface area contributed by atoms with Gasteiger partial charge < -0.3 is 9.80 Å². The number of anilines is 1. The van der Waals surface area contributed by atoms with Gasteiger partial charge in [-0.25, -0.2) is 0 Å². The molecular weight excluding hydrogens is 570 g/mol. The number of aromatic nitrogens is 2. The van der Waals surface area contributed by atoms with E-state index < -0.39 is 0 Å². The molecule has 9 heteroatoms. The Morgan fingerprint density at radius 2 is 1.93 bits per heavy atom. The zero-order valence-electron chi connectivity index (χ0n) is 26.3. The second-order valence-electron chi connectivity index (χ2n) is 15.1. The Balaban J connectivity index is 1.12. The maximum absolute atomic E-state index is 12.2. The van der Waals surface area contributed by atoms with Gasteiger partial charge in [-0.1, -0.05) is 43.8 Å². The van der Waals surface area contributed by atoms with Gasteiger partial charge in [0.05, 0.1) is 11.6 Å². The van der Waals surface area contributed by atoms with Crippen LogP contribution in [0.3, 0.4) is 0 Å². The summed E-state index contributed by atoms with van der Waals surface area (Å²) in [5.74, 6) is 2.42. The molecule has 44 heavy (non-hydrogen) atoms. The predicted molar refractivity (Wildman–Crippen MR) is 175 cm³/mol. The number of likely N-dealkylation sites (tertiary alicyclic amines) is 1. The average molecular weight is 618 g/mol. The van der Waals surface area contributed by atoms with E-state index >= 15 is 0 Å². The molecule has 3 aliphatic heterocycles. The van der Waals surface area contributed by atoms with Crippen molar-refractivity contribution in [2.75, 3.05) is 44.2 Å². The van der Waals surface area contributed by atoms with Gasteiger partial charge in [0.15, 0.2) is 5.82 Å². The van der Waals surface area contributed by atoms with Crippen LogP contribution in [-0.4, -0.2) is 81.7 Å². The summed E-state index contributed by atoms with van der Waals surface area (Å²) in [7, 11) is 0. The van der Waals surface area contributed by atoms with Crippen molar-refractivity contribution < 1.29 is 4.79 Å². The zero-order chi connectivity index (χ0) is 30.2. The van der Waals surface area contributed by atoms with Crippen molar-refractivity contribution in [3.8, 4) is 0 Å². The fourth-order valence-electron chi connectivity index (χ4n) is 9.92. The summed E-state index contributed by atoms with van der Waals surface area (Å²) < 4.78 is 2.39. The lowest BCUT2D eigenvalue weighted by atomic mass is 9.60. The zero-order valence-corrected chi connectivity index (χ0v) is 27.1. The van der Waals surface area contributed by atoms with Crippen molar-refractivity contribution in [2.45, 2.75) is 87.8 Å². The van der Waals surface area contributed by atoms with Crippen molar-refractivity contribution in [3.63, 3.8) is 0 Å². The molecule has 3 saturated carbocycles. The number of benzene rings is 1. The lowest BCUT2D eigenvalue weighted by Gasteiger charge is -2.59. The fourth-order valence-corrected chi connectivity index (χ4v) is 10.3. The molecule has 1 amide bonds. The first-order valence-electron chi connectivity index (χ1n) is 17.0. The van der Waals surface area contributed by atoms with Gasteiger partial charge in [0, 0.05) is 79.8 Å². The summed E-state index contributed by atoms with van der Waals surface area (Å²) in [6.07, 6.45) is 8.47. The molecule has 4 heterocycles. The van der Waals surface area contributed by atoms with E-state index in [0.29, 0.717) is 23.9 Å². The van der Waals surface area contributed by atoms with E-state index in [9.17, 15) is 4.79 Å². The molecule has 1 aromatic heterocycles. The third-order valence-corrected chi connectivity index (χ3v) is 13.1. The number of piperazine rings is 1. The molecule has 5 unspecified atom stereocenters. The largest absolute Gasteiger partial charge is 0.347 e. The molecule has 0 bridgehead atoms. The topological polar surface area (TPSA) is 68.7 Å². The number of carbonyl (C=O) groups is 1. The maximum atomic E-state index is 12.2. The summed E-state index contributed by atoms with van der Waals surface area (Å²) in [6, 6.07) is 11.8. The summed E-state index contributed by atoms with van der Waals surface area (Å²) >= 11 is 7.46. The standard InChI is InChI=1S/C35H48ClN7O/c1-4-29(44)41-20-34(21-41)16-26(17-34)43-24(3)30(31-27-18-37-38-28(27)15-23(2)32(31)36)33(39-43)42-14-13-40(22-35(42)11-8-12-35)19-25-9-6-5-7-10-25/h4-7,9-10,23,26-28,31-32,37-38H,1,8,11-22H2,2-3H3. The van der Waals surface area contributed by atoms with E-state index in [4.69, 9.17) is 16.7 Å². The minimum Gasteiger partial charge on any atom is -0.347 e. The molecule has 2 spiro atoms. The van der Waals surface area contributed by atoms with Crippen LogP contribution in [0, 0.1) is 24.2 Å². The highest BCUT2D eigenvalue weighted by molar-refractivity contribution is 6.21. The van der Waals surface area contributed by atoms with E-state index in [1.54, 1.807) is 0 Å². The Hall–Kier alpha value is -2.39. The van der Waals surface area contributed by atoms with Gasteiger partial charge in [-0.2, -0.15) is 5.10 Å². The van der Waals surface area contributed by atoms with Gasteiger partial charge in [0.2, 0.25) is 5.91 Å². The number of halogens is 1. The molecule has 6 fully saturated rings. The third kappa shape index (κ3) is 4.57. The molecule has 3 aliphatic carbocycles. The highest BCUT2D eigenvalue weighted by Gasteiger charge is 2.56. The van der Waals surface area contributed by atoms with Crippen LogP contribution < -0.4 is 15.8 Å². The monoisotopic (exact) mass is 617 g/mol. The minimum absolute atomic E-state index is 0.0593. The number of nitrogens with one attached hydrogen (secondary N) is 2. The summed E-state index contributed by atoms with van der Waals surface area (Å²) in [5, 5.41) is 5.70. The molecule has 2 N–H and O–H groups in total. The normalized spacial score (nSPS) is 32.7. The van der Waals surface area contributed by atoms with Crippen LogP contribution in [0.1, 0.15) is 74.2 Å². The van der Waals surface area contributed by atoms with Crippen LogP contribution in [-0.2, 0) is 11.3 Å². The average Bonchev–Trinajstić information content (AvgIpc) is 3.56. The Morgan fingerprint density at radius 1 is 1.16 bits per heavy atom. The molecule has 5 atom stereocenters. The molecule has 3 saturated heterocycles. The van der Waals surface area contributed by atoms with E-state index in [-0.39, 0.29) is 28.2 Å². The first-order chi connectivity index (χ1) is 21.3. The molecule has 0 radical (unpaired) electrons. The number of nitrogens with zero attached hydrogens (tertiary/aromatic N) is 5. The minimum atomic E-state index is 0.0593. The van der Waals surface area contributed by atoms with Crippen LogP contribution in [0.2, 0.25) is 0 Å². The molecule has 236 valence electrons. The van der Waals surface area contributed by atoms with Crippen LogP contribution in [0.5, 0.6) is 0 Å². The quantitative estimate of drug-likeness (QED) is 0.365. The van der Waals surface area contributed by atoms with Crippen molar-refractivity contribution in [1.82, 2.24) is 30.4 Å². The number of rotatable bonds is 6. The first kappa shape index (κ1) is 29.0. The van der Waals surface area contributed by atoms with Gasteiger partial charge in [-0.05, 0) is 68.9 Å². The predicted octanol–water partition coefficient (Wildman–Crippen LogP) is 4.61. The number of carbonyl (C=O) groups excluding carboxylic acids is 1. The summed E-state index contributed by atoms with van der Waals surface area (Å²) in [4.78, 5) is 19.5. The van der Waals surface area contributed by atoms with Crippen molar-refractivity contribution >= 4 is 23.3 Å². The Kier molecular flexibility index (Phi) is 7.17. The Labute approximate surface area is 267 Å². The van der Waals surface area contributed by atoms with Gasteiger partial charge in [-0.15, -0.1) is 11.6 Å². The van der Waals surface area contributed by atoms with Crippen LogP contribution in [0.4, 0.5) is 5.82 Å². The fraction of sp³-hybridized carbons (Fsp3) is 0.657. The van der Waals surface area contributed by atoms with E-state index in [0.717, 1.165) is 65.1 Å². The van der Waals surface area contributed by atoms with Crippen molar-refractivity contribution in [3.05, 3.63) is 59.8 Å². The molecule has 8 rings (SSSR count). The molecule has 1 aromatic carbocycles. The molecule has 8 nitrogen and oxygen atoms in total. The summed E-state index contributed by atoms with van der Waals surface area (Å²) in [6.45, 7) is 15.1. The van der Waals surface area contributed by atoms with Crippen LogP contribution in [0.25, 0.3) is 0 Å². The van der Waals surface area contributed by atoms with Crippen molar-refractivity contribution in [1.29, 1.82) is 0 Å². The SMILES string of the molecule is C=CC(=O)N1CC2(CC(n3nc(N4CCN(Cc5ccccc5)CC45CCC5)c(C4C(Cl)C(C)CC5NNCC54)c3C)C2)C1. The highest BCUT2D eigenvalue weighted by Crippen LogP contribution is 2.57. The molecule has 2 aromatic rings. The maximum Gasteiger partial charge on any atom is 0.245 e.